The third-order valence-corrected chi connectivity index (χ3v) is 7.43. The van der Waals surface area contributed by atoms with Crippen LogP contribution in [0.5, 0.6) is 0 Å². The van der Waals surface area contributed by atoms with Crippen LogP contribution in [0.4, 0.5) is 0 Å². The minimum Gasteiger partial charge on any atom is -1.00 e. The van der Waals surface area contributed by atoms with Crippen molar-refractivity contribution in [1.82, 2.24) is 9.38 Å². The van der Waals surface area contributed by atoms with Crippen molar-refractivity contribution in [3.05, 3.63) is 114 Å². The summed E-state index contributed by atoms with van der Waals surface area (Å²) in [5.74, 6) is 0. The van der Waals surface area contributed by atoms with E-state index >= 15 is 0 Å². The van der Waals surface area contributed by atoms with Crippen molar-refractivity contribution in [3.8, 4) is 21.7 Å². The van der Waals surface area contributed by atoms with Crippen LogP contribution in [0, 0.1) is 0 Å². The van der Waals surface area contributed by atoms with Crippen LogP contribution in [-0.4, -0.2) is 9.38 Å². The zero-order valence-corrected chi connectivity index (χ0v) is 23.1. The fourth-order valence-corrected chi connectivity index (χ4v) is 5.41. The highest BCUT2D eigenvalue weighted by molar-refractivity contribution is 7.13. The summed E-state index contributed by atoms with van der Waals surface area (Å²) in [6.45, 7) is 7.49. The molecule has 4 aromatic heterocycles. The van der Waals surface area contributed by atoms with Gasteiger partial charge in [-0.05, 0) is 23.1 Å². The molecule has 180 valence electrons. The van der Waals surface area contributed by atoms with Gasteiger partial charge in [0.2, 0.25) is 5.52 Å². The molecule has 0 aliphatic rings. The lowest BCUT2D eigenvalue weighted by atomic mass is 9.91. The summed E-state index contributed by atoms with van der Waals surface area (Å²) >= 11 is 1.77. The number of benzene rings is 2. The molecule has 5 heteroatoms. The third kappa shape index (κ3) is 4.38. The van der Waals surface area contributed by atoms with Crippen molar-refractivity contribution in [2.45, 2.75) is 32.7 Å². The normalized spacial score (nSPS) is 11.6. The lowest BCUT2D eigenvalue weighted by Crippen LogP contribution is -3.00. The first-order valence-corrected chi connectivity index (χ1v) is 12.9. The van der Waals surface area contributed by atoms with Crippen molar-refractivity contribution in [2.24, 2.45) is 0 Å². The number of rotatable bonds is 4. The smallest absolute Gasteiger partial charge is 0.287 e. The molecule has 36 heavy (non-hydrogen) atoms. The van der Waals surface area contributed by atoms with Crippen molar-refractivity contribution < 1.29 is 21.5 Å². The summed E-state index contributed by atoms with van der Waals surface area (Å²) in [5, 5.41) is 2.14. The van der Waals surface area contributed by atoms with E-state index < -0.39 is 0 Å². The summed E-state index contributed by atoms with van der Waals surface area (Å²) in [6.07, 6.45) is 2.28. The zero-order chi connectivity index (χ0) is 24.0. The Morgan fingerprint density at radius 3 is 2.22 bits per heavy atom. The number of aromatic nitrogens is 3. The van der Waals surface area contributed by atoms with E-state index in [-0.39, 0.29) is 22.4 Å². The molecule has 3 nitrogen and oxygen atoms in total. The quantitative estimate of drug-likeness (QED) is 0.294. The molecule has 4 heterocycles. The molecular formula is C31H28BrN3S. The molecule has 2 aromatic carbocycles. The SMILES string of the molecule is CC(C)(C)c1cc2c(c(-c3ccccc3)n1)[n+](Cc1ccccc1)c1ccc(-c3cccs3)cn21.[Br-]. The lowest BCUT2D eigenvalue weighted by Gasteiger charge is -2.18. The van der Waals surface area contributed by atoms with Gasteiger partial charge >= 0.3 is 0 Å². The number of imidazole rings is 1. The van der Waals surface area contributed by atoms with Gasteiger partial charge in [-0.2, -0.15) is 4.40 Å². The second-order valence-corrected chi connectivity index (χ2v) is 11.0. The van der Waals surface area contributed by atoms with Crippen LogP contribution in [0.1, 0.15) is 32.0 Å². The van der Waals surface area contributed by atoms with Gasteiger partial charge in [0.25, 0.3) is 5.65 Å². The molecular weight excluding hydrogens is 526 g/mol. The average molecular weight is 555 g/mol. The second kappa shape index (κ2) is 9.64. The molecule has 0 saturated heterocycles. The Morgan fingerprint density at radius 2 is 1.56 bits per heavy atom. The fraction of sp³-hybridized carbons (Fsp3) is 0.161. The maximum Gasteiger partial charge on any atom is 0.287 e. The Labute approximate surface area is 226 Å². The summed E-state index contributed by atoms with van der Waals surface area (Å²) in [4.78, 5) is 6.55. The van der Waals surface area contributed by atoms with Crippen molar-refractivity contribution in [3.63, 3.8) is 0 Å². The fourth-order valence-electron chi connectivity index (χ4n) is 4.69. The molecule has 0 aliphatic carbocycles. The Kier molecular flexibility index (Phi) is 6.54. The highest BCUT2D eigenvalue weighted by Gasteiger charge is 2.28. The summed E-state index contributed by atoms with van der Waals surface area (Å²) in [6, 6.07) is 32.4. The molecule has 0 saturated carbocycles. The van der Waals surface area contributed by atoms with Gasteiger partial charge in [0.1, 0.15) is 18.4 Å². The minimum absolute atomic E-state index is 0. The largest absolute Gasteiger partial charge is 1.00 e. The number of hydrogen-bond acceptors (Lipinski definition) is 2. The Morgan fingerprint density at radius 1 is 0.833 bits per heavy atom. The van der Waals surface area contributed by atoms with Gasteiger partial charge < -0.3 is 17.0 Å². The topological polar surface area (TPSA) is 21.2 Å². The Bertz CT molecular complexity index is 1630. The molecule has 0 amide bonds. The van der Waals surface area contributed by atoms with E-state index in [0.29, 0.717) is 0 Å². The molecule has 0 bridgehead atoms. The molecule has 0 atom stereocenters. The molecule has 0 unspecified atom stereocenters. The van der Waals surface area contributed by atoms with Crippen LogP contribution in [0.25, 0.3) is 38.4 Å². The number of hydrogen-bond donors (Lipinski definition) is 0. The van der Waals surface area contributed by atoms with E-state index in [4.69, 9.17) is 4.98 Å². The Balaban J connectivity index is 0.00000267. The van der Waals surface area contributed by atoms with Gasteiger partial charge in [-0.3, -0.25) is 0 Å². The van der Waals surface area contributed by atoms with Gasteiger partial charge in [0.15, 0.2) is 5.52 Å². The van der Waals surface area contributed by atoms with Crippen LogP contribution in [0.3, 0.4) is 0 Å². The summed E-state index contributed by atoms with van der Waals surface area (Å²) in [5.41, 5.74) is 9.21. The van der Waals surface area contributed by atoms with E-state index in [1.54, 1.807) is 11.3 Å². The number of pyridine rings is 2. The van der Waals surface area contributed by atoms with E-state index in [1.807, 2.05) is 0 Å². The summed E-state index contributed by atoms with van der Waals surface area (Å²) in [7, 11) is 0. The van der Waals surface area contributed by atoms with E-state index in [0.717, 1.165) is 34.7 Å². The van der Waals surface area contributed by atoms with Crippen LogP contribution >= 0.6 is 11.3 Å². The predicted octanol–water partition coefficient (Wildman–Crippen LogP) is 4.52. The average Bonchev–Trinajstić information content (AvgIpc) is 3.51. The molecule has 0 fully saturated rings. The van der Waals surface area contributed by atoms with Crippen LogP contribution in [0.2, 0.25) is 0 Å². The zero-order valence-electron chi connectivity index (χ0n) is 20.6. The van der Waals surface area contributed by atoms with Gasteiger partial charge in [-0.25, -0.2) is 9.55 Å². The molecule has 0 spiro atoms. The van der Waals surface area contributed by atoms with E-state index in [9.17, 15) is 0 Å². The van der Waals surface area contributed by atoms with E-state index in [1.165, 1.54) is 21.5 Å². The van der Waals surface area contributed by atoms with Gasteiger partial charge in [0, 0.05) is 33.6 Å². The molecule has 0 radical (unpaired) electrons. The number of fused-ring (bicyclic) bond motifs is 3. The van der Waals surface area contributed by atoms with Crippen molar-refractivity contribution in [2.75, 3.05) is 0 Å². The minimum atomic E-state index is -0.0719. The van der Waals surface area contributed by atoms with Gasteiger partial charge in [0.05, 0.1) is 5.69 Å². The molecule has 6 rings (SSSR count). The van der Waals surface area contributed by atoms with Crippen LogP contribution < -0.4 is 21.5 Å². The highest BCUT2D eigenvalue weighted by Crippen LogP contribution is 2.33. The third-order valence-electron chi connectivity index (χ3n) is 6.51. The molecule has 0 N–H and O–H groups in total. The van der Waals surface area contributed by atoms with Crippen LogP contribution in [-0.2, 0) is 12.0 Å². The monoisotopic (exact) mass is 553 g/mol. The van der Waals surface area contributed by atoms with Crippen molar-refractivity contribution in [1.29, 1.82) is 0 Å². The van der Waals surface area contributed by atoms with Crippen molar-refractivity contribution >= 4 is 28.0 Å². The van der Waals surface area contributed by atoms with Gasteiger partial charge in [-0.15, -0.1) is 11.3 Å². The number of halogens is 1. The molecule has 0 aliphatic heterocycles. The Hall–Kier alpha value is -3.28. The number of thiophene rings is 1. The first-order valence-electron chi connectivity index (χ1n) is 12.0. The highest BCUT2D eigenvalue weighted by atomic mass is 79.9. The predicted molar refractivity (Wildman–Crippen MR) is 146 cm³/mol. The maximum atomic E-state index is 5.28. The van der Waals surface area contributed by atoms with Gasteiger partial charge in [-0.1, -0.05) is 87.5 Å². The molecule has 6 aromatic rings. The van der Waals surface area contributed by atoms with E-state index in [2.05, 4.69) is 132 Å². The number of nitrogens with zero attached hydrogens (tertiary/aromatic N) is 3. The lowest BCUT2D eigenvalue weighted by molar-refractivity contribution is -0.636. The van der Waals surface area contributed by atoms with Crippen LogP contribution in [0.15, 0.2) is 103 Å². The first kappa shape index (κ1) is 24.4. The second-order valence-electron chi connectivity index (χ2n) is 10.0. The summed E-state index contributed by atoms with van der Waals surface area (Å²) < 4.78 is 4.78. The first-order chi connectivity index (χ1) is 17.0. The maximum absolute atomic E-state index is 5.28. The standard InChI is InChI=1S/C31H28N3S.BrH/c1-31(2,3)27-19-25-30(29(32-27)23-13-8-5-9-14-23)34(20-22-11-6-4-7-12-22)28-17-16-24(21-33(25)28)26-15-10-18-35-26;/h4-19,21H,20H2,1-3H3;1H/q+1;/p-1.